The van der Waals surface area contributed by atoms with Gasteiger partial charge in [0, 0.05) is 51.2 Å². The van der Waals surface area contributed by atoms with E-state index < -0.39 is 0 Å². The molecule has 0 bridgehead atoms. The van der Waals surface area contributed by atoms with Crippen LogP contribution in [0.15, 0.2) is 42.6 Å². The van der Waals surface area contributed by atoms with Crippen molar-refractivity contribution in [1.82, 2.24) is 15.2 Å². The van der Waals surface area contributed by atoms with Gasteiger partial charge in [-0.15, -0.1) is 0 Å². The van der Waals surface area contributed by atoms with Gasteiger partial charge in [-0.3, -0.25) is 9.69 Å². The predicted molar refractivity (Wildman–Crippen MR) is 109 cm³/mol. The van der Waals surface area contributed by atoms with E-state index in [1.165, 1.54) is 0 Å². The van der Waals surface area contributed by atoms with Gasteiger partial charge in [0.05, 0.1) is 6.42 Å². The molecule has 0 atom stereocenters. The Morgan fingerprint density at radius 1 is 1.07 bits per heavy atom. The quantitative estimate of drug-likeness (QED) is 0.880. The number of piperazine rings is 1. The van der Waals surface area contributed by atoms with Crippen LogP contribution in [0.25, 0.3) is 0 Å². The average Bonchev–Trinajstić information content (AvgIpc) is 3.15. The van der Waals surface area contributed by atoms with E-state index in [4.69, 9.17) is 0 Å². The molecule has 0 spiro atoms. The Morgan fingerprint density at radius 3 is 2.46 bits per heavy atom. The highest BCUT2D eigenvalue weighted by Gasteiger charge is 2.23. The fraction of sp³-hybridized carbons (Fsp3) is 0.381. The van der Waals surface area contributed by atoms with Crippen LogP contribution in [0.2, 0.25) is 0 Å². The summed E-state index contributed by atoms with van der Waals surface area (Å²) in [6, 6.07) is 11.6. The molecule has 1 aromatic carbocycles. The highest BCUT2D eigenvalue weighted by molar-refractivity contribution is 5.94. The van der Waals surface area contributed by atoms with Crippen molar-refractivity contribution in [2.24, 2.45) is 0 Å². The molecule has 0 aliphatic carbocycles. The molecule has 0 saturated carbocycles. The van der Waals surface area contributed by atoms with Crippen LogP contribution in [-0.2, 0) is 11.2 Å². The van der Waals surface area contributed by atoms with Gasteiger partial charge in [-0.25, -0.2) is 9.78 Å². The molecule has 2 fully saturated rings. The van der Waals surface area contributed by atoms with Crippen LogP contribution in [0, 0.1) is 6.92 Å². The standard InChI is InChI=1S/C21H25N5O2/c1-16-3-2-8-22-20(16)25-13-11-24(12-14-25)19(27)15-17-4-6-18(7-5-17)26-10-9-23-21(26)28/h2-8H,9-15H2,1H3,(H,23,28). The molecule has 3 heterocycles. The summed E-state index contributed by atoms with van der Waals surface area (Å²) < 4.78 is 0. The third-order valence-electron chi connectivity index (χ3n) is 5.37. The first-order chi connectivity index (χ1) is 13.6. The second kappa shape index (κ2) is 7.88. The Morgan fingerprint density at radius 2 is 1.82 bits per heavy atom. The molecule has 28 heavy (non-hydrogen) atoms. The van der Waals surface area contributed by atoms with Crippen molar-refractivity contribution >= 4 is 23.4 Å². The number of aryl methyl sites for hydroxylation is 1. The fourth-order valence-corrected chi connectivity index (χ4v) is 3.77. The number of amides is 3. The molecule has 146 valence electrons. The summed E-state index contributed by atoms with van der Waals surface area (Å²) in [5.41, 5.74) is 3.00. The molecule has 3 amide bonds. The number of hydrogen-bond donors (Lipinski definition) is 1. The molecule has 2 saturated heterocycles. The Labute approximate surface area is 164 Å². The second-order valence-corrected chi connectivity index (χ2v) is 7.24. The van der Waals surface area contributed by atoms with Crippen LogP contribution in [0.1, 0.15) is 11.1 Å². The van der Waals surface area contributed by atoms with Crippen molar-refractivity contribution in [3.05, 3.63) is 53.7 Å². The Kier molecular flexibility index (Phi) is 5.14. The van der Waals surface area contributed by atoms with E-state index in [9.17, 15) is 9.59 Å². The zero-order valence-corrected chi connectivity index (χ0v) is 16.1. The number of nitrogens with zero attached hydrogens (tertiary/aromatic N) is 4. The van der Waals surface area contributed by atoms with Crippen LogP contribution >= 0.6 is 0 Å². The maximum Gasteiger partial charge on any atom is 0.321 e. The average molecular weight is 379 g/mol. The lowest BCUT2D eigenvalue weighted by atomic mass is 10.1. The third kappa shape index (κ3) is 3.78. The van der Waals surface area contributed by atoms with Gasteiger partial charge in [-0.05, 0) is 36.2 Å². The lowest BCUT2D eigenvalue weighted by Gasteiger charge is -2.36. The van der Waals surface area contributed by atoms with E-state index in [-0.39, 0.29) is 11.9 Å². The lowest BCUT2D eigenvalue weighted by Crippen LogP contribution is -2.49. The molecule has 7 nitrogen and oxygen atoms in total. The first kappa shape index (κ1) is 18.3. The number of rotatable bonds is 4. The van der Waals surface area contributed by atoms with Gasteiger partial charge in [0.25, 0.3) is 0 Å². The number of carbonyl (C=O) groups excluding carboxylic acids is 2. The van der Waals surface area contributed by atoms with E-state index in [0.717, 1.165) is 35.7 Å². The SMILES string of the molecule is Cc1cccnc1N1CCN(C(=O)Cc2ccc(N3CCNC3=O)cc2)CC1. The summed E-state index contributed by atoms with van der Waals surface area (Å²) in [6.07, 6.45) is 2.20. The van der Waals surface area contributed by atoms with E-state index in [2.05, 4.69) is 28.2 Å². The van der Waals surface area contributed by atoms with E-state index >= 15 is 0 Å². The Bertz CT molecular complexity index is 859. The van der Waals surface area contributed by atoms with Crippen LogP contribution in [0.3, 0.4) is 0 Å². The van der Waals surface area contributed by atoms with Crippen LogP contribution < -0.4 is 15.1 Å². The van der Waals surface area contributed by atoms with Crippen LogP contribution in [-0.4, -0.2) is 61.1 Å². The molecule has 0 radical (unpaired) electrons. The molecule has 1 N–H and O–H groups in total. The van der Waals surface area contributed by atoms with Crippen molar-refractivity contribution in [3.63, 3.8) is 0 Å². The minimum Gasteiger partial charge on any atom is -0.353 e. The van der Waals surface area contributed by atoms with Gasteiger partial charge in [0.15, 0.2) is 0 Å². The molecule has 4 rings (SSSR count). The topological polar surface area (TPSA) is 68.8 Å². The largest absolute Gasteiger partial charge is 0.353 e. The molecule has 2 aromatic rings. The van der Waals surface area contributed by atoms with Crippen molar-refractivity contribution < 1.29 is 9.59 Å². The van der Waals surface area contributed by atoms with E-state index in [1.807, 2.05) is 41.4 Å². The maximum absolute atomic E-state index is 12.7. The number of nitrogens with one attached hydrogen (secondary N) is 1. The van der Waals surface area contributed by atoms with Gasteiger partial charge < -0.3 is 15.1 Å². The van der Waals surface area contributed by atoms with E-state index in [1.54, 1.807) is 4.90 Å². The summed E-state index contributed by atoms with van der Waals surface area (Å²) >= 11 is 0. The summed E-state index contributed by atoms with van der Waals surface area (Å²) in [6.45, 7) is 6.43. The highest BCUT2D eigenvalue weighted by atomic mass is 16.2. The van der Waals surface area contributed by atoms with Crippen LogP contribution in [0.4, 0.5) is 16.3 Å². The molecule has 2 aliphatic rings. The van der Waals surface area contributed by atoms with Crippen LogP contribution in [0.5, 0.6) is 0 Å². The molecular weight excluding hydrogens is 354 g/mol. The van der Waals surface area contributed by atoms with Gasteiger partial charge in [-0.2, -0.15) is 0 Å². The summed E-state index contributed by atoms with van der Waals surface area (Å²) in [7, 11) is 0. The smallest absolute Gasteiger partial charge is 0.321 e. The van der Waals surface area contributed by atoms with E-state index in [0.29, 0.717) is 32.6 Å². The monoisotopic (exact) mass is 379 g/mol. The minimum absolute atomic E-state index is 0.0650. The lowest BCUT2D eigenvalue weighted by molar-refractivity contribution is -0.130. The number of benzene rings is 1. The Balaban J connectivity index is 1.32. The van der Waals surface area contributed by atoms with Gasteiger partial charge in [0.2, 0.25) is 5.91 Å². The Hall–Kier alpha value is -3.09. The predicted octanol–water partition coefficient (Wildman–Crippen LogP) is 1.81. The molecule has 2 aliphatic heterocycles. The zero-order chi connectivity index (χ0) is 19.5. The fourth-order valence-electron chi connectivity index (χ4n) is 3.77. The zero-order valence-electron chi connectivity index (χ0n) is 16.1. The summed E-state index contributed by atoms with van der Waals surface area (Å²) in [4.78, 5) is 34.8. The first-order valence-corrected chi connectivity index (χ1v) is 9.70. The van der Waals surface area contributed by atoms with Gasteiger partial charge >= 0.3 is 6.03 Å². The van der Waals surface area contributed by atoms with Gasteiger partial charge in [-0.1, -0.05) is 18.2 Å². The third-order valence-corrected chi connectivity index (χ3v) is 5.37. The van der Waals surface area contributed by atoms with Crippen molar-refractivity contribution in [2.75, 3.05) is 49.1 Å². The molecule has 1 aromatic heterocycles. The summed E-state index contributed by atoms with van der Waals surface area (Å²) in [5, 5.41) is 2.79. The number of aromatic nitrogens is 1. The molecule has 0 unspecified atom stereocenters. The minimum atomic E-state index is -0.0650. The van der Waals surface area contributed by atoms with Crippen molar-refractivity contribution in [2.45, 2.75) is 13.3 Å². The number of carbonyl (C=O) groups is 2. The van der Waals surface area contributed by atoms with Crippen molar-refractivity contribution in [3.8, 4) is 0 Å². The highest BCUT2D eigenvalue weighted by Crippen LogP contribution is 2.20. The second-order valence-electron chi connectivity index (χ2n) is 7.24. The maximum atomic E-state index is 12.7. The number of hydrogen-bond acceptors (Lipinski definition) is 4. The van der Waals surface area contributed by atoms with Gasteiger partial charge in [0.1, 0.15) is 5.82 Å². The van der Waals surface area contributed by atoms with Crippen molar-refractivity contribution in [1.29, 1.82) is 0 Å². The summed E-state index contributed by atoms with van der Waals surface area (Å²) in [5.74, 6) is 1.15. The molecular formula is C21H25N5O2. The normalized spacial score (nSPS) is 17.0. The number of anilines is 2. The molecule has 7 heteroatoms. The number of pyridine rings is 1. The number of urea groups is 1. The first-order valence-electron chi connectivity index (χ1n) is 9.70.